The number of ketones is 1. The molecule has 0 bridgehead atoms. The van der Waals surface area contributed by atoms with Gasteiger partial charge in [0.2, 0.25) is 0 Å². The number of hydrogen-bond acceptors (Lipinski definition) is 6. The SMILES string of the molecule is O=C(c1ccccc1)c1cc(Cl)ccc1N=Nc1c(-c2ccc([N+](=O)[O-])cc2)[nH]n(-c2ccccc2)c1=O. The predicted octanol–water partition coefficient (Wildman–Crippen LogP) is 7.04. The van der Waals surface area contributed by atoms with Crippen molar-refractivity contribution in [2.45, 2.75) is 0 Å². The maximum atomic E-state index is 13.4. The Kier molecular flexibility index (Phi) is 6.75. The fraction of sp³-hybridized carbons (Fsp3) is 0. The summed E-state index contributed by atoms with van der Waals surface area (Å²) in [6.07, 6.45) is 0. The third-order valence-electron chi connectivity index (χ3n) is 5.74. The number of hydrogen-bond donors (Lipinski definition) is 1. The summed E-state index contributed by atoms with van der Waals surface area (Å²) in [7, 11) is 0. The van der Waals surface area contributed by atoms with Gasteiger partial charge in [0.1, 0.15) is 0 Å². The van der Waals surface area contributed by atoms with Crippen LogP contribution in [0.3, 0.4) is 0 Å². The van der Waals surface area contributed by atoms with Crippen molar-refractivity contribution in [1.29, 1.82) is 0 Å². The van der Waals surface area contributed by atoms with E-state index >= 15 is 0 Å². The Morgan fingerprint density at radius 1 is 0.868 bits per heavy atom. The van der Waals surface area contributed by atoms with E-state index in [-0.39, 0.29) is 28.4 Å². The lowest BCUT2D eigenvalue weighted by atomic mass is 10.0. The van der Waals surface area contributed by atoms with Crippen molar-refractivity contribution in [3.05, 3.63) is 140 Å². The second-order valence-corrected chi connectivity index (χ2v) is 8.61. The molecule has 0 amide bonds. The molecule has 10 heteroatoms. The molecular weight excluding hydrogens is 506 g/mol. The van der Waals surface area contributed by atoms with Gasteiger partial charge < -0.3 is 0 Å². The van der Waals surface area contributed by atoms with Crippen molar-refractivity contribution < 1.29 is 9.72 Å². The van der Waals surface area contributed by atoms with Gasteiger partial charge in [-0.05, 0) is 42.5 Å². The molecule has 186 valence electrons. The van der Waals surface area contributed by atoms with Gasteiger partial charge in [0.05, 0.1) is 27.6 Å². The number of rotatable bonds is 7. The van der Waals surface area contributed by atoms with Crippen molar-refractivity contribution in [3.63, 3.8) is 0 Å². The molecule has 0 radical (unpaired) electrons. The van der Waals surface area contributed by atoms with E-state index in [1.807, 2.05) is 6.07 Å². The second-order valence-electron chi connectivity index (χ2n) is 8.17. The van der Waals surface area contributed by atoms with Crippen LogP contribution in [0.4, 0.5) is 17.1 Å². The van der Waals surface area contributed by atoms with Crippen LogP contribution in [-0.4, -0.2) is 20.5 Å². The molecule has 0 aliphatic heterocycles. The van der Waals surface area contributed by atoms with Crippen molar-refractivity contribution in [3.8, 4) is 16.9 Å². The average Bonchev–Trinajstić information content (AvgIpc) is 3.28. The largest absolute Gasteiger partial charge is 0.299 e. The molecule has 0 aliphatic carbocycles. The second kappa shape index (κ2) is 10.5. The first kappa shape index (κ1) is 24.5. The minimum absolute atomic E-state index is 0.0317. The van der Waals surface area contributed by atoms with Gasteiger partial charge in [-0.1, -0.05) is 60.1 Å². The Morgan fingerprint density at radius 3 is 2.18 bits per heavy atom. The molecule has 0 saturated heterocycles. The van der Waals surface area contributed by atoms with Gasteiger partial charge in [0.25, 0.3) is 11.2 Å². The molecule has 5 rings (SSSR count). The maximum absolute atomic E-state index is 13.4. The molecule has 1 N–H and O–H groups in total. The van der Waals surface area contributed by atoms with Crippen LogP contribution in [0.1, 0.15) is 15.9 Å². The molecule has 0 fully saturated rings. The van der Waals surface area contributed by atoms with E-state index in [0.29, 0.717) is 27.5 Å². The first-order valence-corrected chi connectivity index (χ1v) is 11.8. The highest BCUT2D eigenvalue weighted by Crippen LogP contribution is 2.31. The van der Waals surface area contributed by atoms with E-state index in [0.717, 1.165) is 0 Å². The molecule has 0 saturated carbocycles. The third-order valence-corrected chi connectivity index (χ3v) is 5.98. The van der Waals surface area contributed by atoms with Gasteiger partial charge in [-0.2, -0.15) is 0 Å². The number of nitrogens with zero attached hydrogens (tertiary/aromatic N) is 4. The van der Waals surface area contributed by atoms with E-state index < -0.39 is 10.5 Å². The Balaban J connectivity index is 1.63. The van der Waals surface area contributed by atoms with Gasteiger partial charge in [-0.3, -0.25) is 24.8 Å². The van der Waals surface area contributed by atoms with Gasteiger partial charge in [0.15, 0.2) is 11.5 Å². The number of nitro benzene ring substituents is 1. The Labute approximate surface area is 220 Å². The number of halogens is 1. The van der Waals surface area contributed by atoms with Gasteiger partial charge in [-0.25, -0.2) is 4.68 Å². The van der Waals surface area contributed by atoms with Gasteiger partial charge >= 0.3 is 0 Å². The number of aromatic amines is 1. The topological polar surface area (TPSA) is 123 Å². The molecule has 5 aromatic rings. The zero-order valence-electron chi connectivity index (χ0n) is 19.6. The van der Waals surface area contributed by atoms with Gasteiger partial charge in [0, 0.05) is 28.3 Å². The number of para-hydroxylation sites is 1. The number of non-ortho nitro benzene ring substituents is 1. The van der Waals surface area contributed by atoms with Gasteiger partial charge in [-0.15, -0.1) is 10.2 Å². The normalized spacial score (nSPS) is 11.1. The summed E-state index contributed by atoms with van der Waals surface area (Å²) in [6, 6.07) is 27.9. The molecule has 1 aromatic heterocycles. The monoisotopic (exact) mass is 523 g/mol. The number of azo groups is 1. The first-order chi connectivity index (χ1) is 18.4. The van der Waals surface area contributed by atoms with Crippen LogP contribution in [0.5, 0.6) is 0 Å². The maximum Gasteiger partial charge on any atom is 0.299 e. The number of benzene rings is 4. The van der Waals surface area contributed by atoms with Crippen molar-refractivity contribution in [2.75, 3.05) is 0 Å². The Hall–Kier alpha value is -5.15. The predicted molar refractivity (Wildman–Crippen MR) is 144 cm³/mol. The zero-order valence-corrected chi connectivity index (χ0v) is 20.4. The van der Waals surface area contributed by atoms with Crippen molar-refractivity contribution in [2.24, 2.45) is 10.2 Å². The van der Waals surface area contributed by atoms with Crippen LogP contribution in [0.15, 0.2) is 118 Å². The average molecular weight is 524 g/mol. The lowest BCUT2D eigenvalue weighted by Crippen LogP contribution is -2.13. The summed E-state index contributed by atoms with van der Waals surface area (Å²) < 4.78 is 1.31. The highest BCUT2D eigenvalue weighted by molar-refractivity contribution is 6.31. The van der Waals surface area contributed by atoms with E-state index in [2.05, 4.69) is 15.3 Å². The first-order valence-electron chi connectivity index (χ1n) is 11.4. The van der Waals surface area contributed by atoms with Crippen LogP contribution < -0.4 is 5.56 Å². The van der Waals surface area contributed by atoms with E-state index in [4.69, 9.17) is 11.6 Å². The summed E-state index contributed by atoms with van der Waals surface area (Å²) in [4.78, 5) is 37.2. The lowest BCUT2D eigenvalue weighted by molar-refractivity contribution is -0.384. The Bertz CT molecular complexity index is 1730. The standard InChI is InChI=1S/C28H18ClN5O4/c29-20-13-16-24(23(17-20)27(35)19-7-3-1-4-8-19)30-31-26-25(18-11-14-22(15-12-18)34(37)38)32-33(28(26)36)21-9-5-2-6-10-21/h1-17,32H. The van der Waals surface area contributed by atoms with E-state index in [1.165, 1.54) is 35.0 Å². The minimum atomic E-state index is -0.506. The molecule has 9 nitrogen and oxygen atoms in total. The lowest BCUT2D eigenvalue weighted by Gasteiger charge is -2.05. The molecule has 0 unspecified atom stereocenters. The number of carbonyl (C=O) groups is 1. The Morgan fingerprint density at radius 2 is 1.53 bits per heavy atom. The fourth-order valence-electron chi connectivity index (χ4n) is 3.86. The van der Waals surface area contributed by atoms with Crippen molar-refractivity contribution in [1.82, 2.24) is 9.78 Å². The highest BCUT2D eigenvalue weighted by Gasteiger charge is 2.19. The number of H-pyrrole nitrogens is 1. The van der Waals surface area contributed by atoms with E-state index in [9.17, 15) is 19.7 Å². The van der Waals surface area contributed by atoms with Crippen LogP contribution >= 0.6 is 11.6 Å². The molecule has 4 aromatic carbocycles. The quantitative estimate of drug-likeness (QED) is 0.106. The molecule has 0 spiro atoms. The summed E-state index contributed by atoms with van der Waals surface area (Å²) in [6.45, 7) is 0. The summed E-state index contributed by atoms with van der Waals surface area (Å²) in [5, 5.41) is 23.0. The van der Waals surface area contributed by atoms with Crippen LogP contribution in [0, 0.1) is 10.1 Å². The number of nitro groups is 1. The van der Waals surface area contributed by atoms with Crippen LogP contribution in [0.2, 0.25) is 5.02 Å². The van der Waals surface area contributed by atoms with E-state index in [1.54, 1.807) is 66.7 Å². The smallest absolute Gasteiger partial charge is 0.289 e. The number of nitrogens with one attached hydrogen (secondary N) is 1. The highest BCUT2D eigenvalue weighted by atomic mass is 35.5. The van der Waals surface area contributed by atoms with Crippen LogP contribution in [-0.2, 0) is 0 Å². The van der Waals surface area contributed by atoms with Crippen molar-refractivity contribution >= 4 is 34.4 Å². The molecule has 1 heterocycles. The molecular formula is C28H18ClN5O4. The third kappa shape index (κ3) is 4.91. The van der Waals surface area contributed by atoms with Crippen LogP contribution in [0.25, 0.3) is 16.9 Å². The number of carbonyl (C=O) groups excluding carboxylic acids is 1. The molecule has 38 heavy (non-hydrogen) atoms. The molecule has 0 atom stereocenters. The molecule has 0 aliphatic rings. The zero-order chi connectivity index (χ0) is 26.6. The summed E-state index contributed by atoms with van der Waals surface area (Å²) >= 11 is 6.17. The minimum Gasteiger partial charge on any atom is -0.289 e. The summed E-state index contributed by atoms with van der Waals surface area (Å²) in [5.74, 6) is -0.298. The fourth-order valence-corrected chi connectivity index (χ4v) is 4.03. The number of aromatic nitrogens is 2. The summed E-state index contributed by atoms with van der Waals surface area (Å²) in [5.41, 5.74) is 1.66.